The normalized spacial score (nSPS) is 11.2. The van der Waals surface area contributed by atoms with E-state index >= 15 is 0 Å². The Morgan fingerprint density at radius 2 is 1.68 bits per heavy atom. The topological polar surface area (TPSA) is 44.2 Å². The van der Waals surface area contributed by atoms with E-state index in [0.29, 0.717) is 11.8 Å². The zero-order chi connectivity index (χ0) is 18.6. The fourth-order valence-electron chi connectivity index (χ4n) is 2.83. The van der Waals surface area contributed by atoms with Gasteiger partial charge in [-0.25, -0.2) is 9.97 Å². The van der Waals surface area contributed by atoms with Gasteiger partial charge in [0, 0.05) is 5.56 Å². The number of hydrogen-bond donors (Lipinski definition) is 0. The molecule has 25 heavy (non-hydrogen) atoms. The quantitative estimate of drug-likeness (QED) is 0.670. The Bertz CT molecular complexity index is 722. The molecule has 0 unspecified atom stereocenters. The van der Waals surface area contributed by atoms with E-state index in [2.05, 4.69) is 50.9 Å². The molecule has 1 aromatic heterocycles. The molecule has 2 rings (SSSR count). The van der Waals surface area contributed by atoms with Crippen molar-refractivity contribution in [2.75, 3.05) is 7.11 Å². The lowest BCUT2D eigenvalue weighted by Crippen LogP contribution is -2.16. The summed E-state index contributed by atoms with van der Waals surface area (Å²) in [6, 6.07) is 6.30. The van der Waals surface area contributed by atoms with Gasteiger partial charge >= 0.3 is 0 Å². The molecule has 136 valence electrons. The first-order chi connectivity index (χ1) is 11.9. The third-order valence-corrected chi connectivity index (χ3v) is 4.54. The maximum atomic E-state index is 6.02. The van der Waals surface area contributed by atoms with E-state index < -0.39 is 0 Å². The van der Waals surface area contributed by atoms with Gasteiger partial charge in [-0.1, -0.05) is 33.8 Å². The smallest absolute Gasteiger partial charge is 0.235 e. The molecule has 0 radical (unpaired) electrons. The highest BCUT2D eigenvalue weighted by molar-refractivity contribution is 5.70. The van der Waals surface area contributed by atoms with Crippen molar-refractivity contribution in [1.82, 2.24) is 9.97 Å². The van der Waals surface area contributed by atoms with Gasteiger partial charge in [-0.15, -0.1) is 0 Å². The minimum Gasteiger partial charge on any atom is -0.496 e. The molecule has 1 heterocycles. The van der Waals surface area contributed by atoms with Crippen molar-refractivity contribution in [3.05, 3.63) is 35.2 Å². The van der Waals surface area contributed by atoms with Crippen molar-refractivity contribution in [1.29, 1.82) is 0 Å². The van der Waals surface area contributed by atoms with Gasteiger partial charge in [0.2, 0.25) is 5.88 Å². The minimum atomic E-state index is 0.179. The van der Waals surface area contributed by atoms with Crippen molar-refractivity contribution in [2.45, 2.75) is 66.4 Å². The zero-order valence-electron chi connectivity index (χ0n) is 16.5. The molecule has 2 aromatic rings. The van der Waals surface area contributed by atoms with E-state index in [4.69, 9.17) is 14.5 Å². The van der Waals surface area contributed by atoms with Crippen LogP contribution in [0.5, 0.6) is 11.6 Å². The molecule has 0 bridgehead atoms. The lowest BCUT2D eigenvalue weighted by molar-refractivity contribution is 0.182. The van der Waals surface area contributed by atoms with Gasteiger partial charge in [0.15, 0.2) is 0 Å². The lowest BCUT2D eigenvalue weighted by atomic mass is 9.99. The van der Waals surface area contributed by atoms with Gasteiger partial charge in [-0.05, 0) is 50.3 Å². The molecule has 4 nitrogen and oxygen atoms in total. The molecule has 0 fully saturated rings. The van der Waals surface area contributed by atoms with Gasteiger partial charge < -0.3 is 9.47 Å². The van der Waals surface area contributed by atoms with Crippen molar-refractivity contribution >= 4 is 0 Å². The van der Waals surface area contributed by atoms with Crippen molar-refractivity contribution in [2.24, 2.45) is 0 Å². The fourth-order valence-corrected chi connectivity index (χ4v) is 2.83. The summed E-state index contributed by atoms with van der Waals surface area (Å²) in [7, 11) is 1.70. The van der Waals surface area contributed by atoms with Crippen LogP contribution in [0.15, 0.2) is 18.2 Å². The monoisotopic (exact) mass is 342 g/mol. The van der Waals surface area contributed by atoms with Crippen LogP contribution >= 0.6 is 0 Å². The maximum Gasteiger partial charge on any atom is 0.235 e. The van der Waals surface area contributed by atoms with Gasteiger partial charge in [-0.3, -0.25) is 0 Å². The third-order valence-electron chi connectivity index (χ3n) is 4.54. The molecule has 0 N–H and O–H groups in total. The maximum absolute atomic E-state index is 6.02. The molecular weight excluding hydrogens is 312 g/mol. The summed E-state index contributed by atoms with van der Waals surface area (Å²) < 4.78 is 11.6. The average molecular weight is 342 g/mol. The van der Waals surface area contributed by atoms with E-state index in [9.17, 15) is 0 Å². The number of ether oxygens (including phenoxy) is 2. The molecule has 0 atom stereocenters. The molecule has 0 saturated carbocycles. The summed E-state index contributed by atoms with van der Waals surface area (Å²) in [5, 5.41) is 0. The molecule has 1 aromatic carbocycles. The van der Waals surface area contributed by atoms with Crippen LogP contribution < -0.4 is 9.47 Å². The largest absolute Gasteiger partial charge is 0.496 e. The van der Waals surface area contributed by atoms with Gasteiger partial charge in [0.05, 0.1) is 24.6 Å². The first kappa shape index (κ1) is 19.2. The van der Waals surface area contributed by atoms with E-state index in [1.54, 1.807) is 7.11 Å². The van der Waals surface area contributed by atoms with Crippen LogP contribution in [-0.4, -0.2) is 23.2 Å². The predicted octanol–water partition coefficient (Wildman–Crippen LogP) is 5.46. The SMILES string of the molecule is CCC(CC)Oc1nc(C)c(-c2ccc(C(C)C)cc2OC)nc1C. The Morgan fingerprint density at radius 1 is 1.00 bits per heavy atom. The van der Waals surface area contributed by atoms with E-state index in [0.717, 1.165) is 41.2 Å². The Balaban J connectivity index is 2.45. The summed E-state index contributed by atoms with van der Waals surface area (Å²) in [4.78, 5) is 9.46. The number of nitrogens with zero attached hydrogens (tertiary/aromatic N) is 2. The molecule has 0 aliphatic rings. The molecule has 0 aliphatic carbocycles. The standard InChI is InChI=1S/C21H30N2O2/c1-8-17(9-2)25-21-15(6)22-20(14(5)23-21)18-11-10-16(13(3)4)12-19(18)24-7/h10-13,17H,8-9H2,1-7H3. The second-order valence-electron chi connectivity index (χ2n) is 6.72. The van der Waals surface area contributed by atoms with Crippen LogP contribution in [0.3, 0.4) is 0 Å². The highest BCUT2D eigenvalue weighted by Crippen LogP contribution is 2.34. The highest BCUT2D eigenvalue weighted by atomic mass is 16.5. The van der Waals surface area contributed by atoms with Crippen molar-refractivity contribution in [3.8, 4) is 22.9 Å². The van der Waals surface area contributed by atoms with Gasteiger partial charge in [0.25, 0.3) is 0 Å². The number of aromatic nitrogens is 2. The summed E-state index contributed by atoms with van der Waals surface area (Å²) in [5.74, 6) is 1.91. The summed E-state index contributed by atoms with van der Waals surface area (Å²) >= 11 is 0. The van der Waals surface area contributed by atoms with Crippen LogP contribution in [0, 0.1) is 13.8 Å². The van der Waals surface area contributed by atoms with E-state index in [1.807, 2.05) is 13.8 Å². The molecule has 0 saturated heterocycles. The lowest BCUT2D eigenvalue weighted by Gasteiger charge is -2.18. The second-order valence-corrected chi connectivity index (χ2v) is 6.72. The molecule has 0 spiro atoms. The van der Waals surface area contributed by atoms with Gasteiger partial charge in [-0.2, -0.15) is 0 Å². The van der Waals surface area contributed by atoms with Crippen LogP contribution in [0.2, 0.25) is 0 Å². The number of aryl methyl sites for hydroxylation is 2. The third kappa shape index (κ3) is 4.30. The number of rotatable bonds is 7. The number of benzene rings is 1. The Kier molecular flexibility index (Phi) is 6.40. The van der Waals surface area contributed by atoms with E-state index in [1.165, 1.54) is 5.56 Å². The van der Waals surface area contributed by atoms with Gasteiger partial charge in [0.1, 0.15) is 11.4 Å². The summed E-state index contributed by atoms with van der Waals surface area (Å²) in [6.45, 7) is 12.5. The first-order valence-corrected chi connectivity index (χ1v) is 9.11. The Morgan fingerprint density at radius 3 is 2.24 bits per heavy atom. The molecule has 0 amide bonds. The molecule has 4 heteroatoms. The summed E-state index contributed by atoms with van der Waals surface area (Å²) in [5.41, 5.74) is 4.72. The van der Waals surface area contributed by atoms with Crippen LogP contribution in [0.1, 0.15) is 63.4 Å². The van der Waals surface area contributed by atoms with Crippen molar-refractivity contribution < 1.29 is 9.47 Å². The second kappa shape index (κ2) is 8.32. The van der Waals surface area contributed by atoms with Crippen LogP contribution in [0.4, 0.5) is 0 Å². The highest BCUT2D eigenvalue weighted by Gasteiger charge is 2.17. The van der Waals surface area contributed by atoms with Crippen molar-refractivity contribution in [3.63, 3.8) is 0 Å². The first-order valence-electron chi connectivity index (χ1n) is 9.11. The average Bonchev–Trinajstić information content (AvgIpc) is 2.61. The number of hydrogen-bond acceptors (Lipinski definition) is 4. The zero-order valence-corrected chi connectivity index (χ0v) is 16.5. The molecule has 0 aliphatic heterocycles. The van der Waals surface area contributed by atoms with Crippen LogP contribution in [0.25, 0.3) is 11.3 Å². The van der Waals surface area contributed by atoms with E-state index in [-0.39, 0.29) is 6.10 Å². The minimum absolute atomic E-state index is 0.179. The molecular formula is C21H30N2O2. The number of methoxy groups -OCH3 is 1. The Hall–Kier alpha value is -2.10. The predicted molar refractivity (Wildman–Crippen MR) is 103 cm³/mol. The van der Waals surface area contributed by atoms with Crippen LogP contribution in [-0.2, 0) is 0 Å². The Labute approximate surface area is 151 Å². The summed E-state index contributed by atoms with van der Waals surface area (Å²) in [6.07, 6.45) is 2.10. The fraction of sp³-hybridized carbons (Fsp3) is 0.524.